The van der Waals surface area contributed by atoms with Crippen LogP contribution >= 0.6 is 0 Å². The number of anilines is 1. The quantitative estimate of drug-likeness (QED) is 0.807. The number of hydrogen-bond donors (Lipinski definition) is 1. The van der Waals surface area contributed by atoms with Crippen LogP contribution in [0.1, 0.15) is 39.0 Å². The molecular weight excluding hydrogens is 316 g/mol. The SMILES string of the molecule is C=C(C)COc1ccccc1NC(=O)C1CC(=O)N(C2CCCC2)C1. The summed E-state index contributed by atoms with van der Waals surface area (Å²) in [4.78, 5) is 26.8. The van der Waals surface area contributed by atoms with E-state index in [9.17, 15) is 9.59 Å². The molecule has 1 aromatic carbocycles. The highest BCUT2D eigenvalue weighted by atomic mass is 16.5. The van der Waals surface area contributed by atoms with Gasteiger partial charge in [-0.15, -0.1) is 0 Å². The number of likely N-dealkylation sites (tertiary alicyclic amines) is 1. The standard InChI is InChI=1S/C20H26N2O3/c1-14(2)13-25-18-10-6-5-9-17(18)21-20(24)15-11-19(23)22(12-15)16-7-3-4-8-16/h5-6,9-10,15-16H,1,3-4,7-8,11-13H2,2H3,(H,21,24). The smallest absolute Gasteiger partial charge is 0.229 e. The Bertz CT molecular complexity index is 665. The predicted molar refractivity (Wildman–Crippen MR) is 97.5 cm³/mol. The molecule has 1 aliphatic heterocycles. The molecule has 134 valence electrons. The Morgan fingerprint density at radius 2 is 2.04 bits per heavy atom. The molecule has 1 aliphatic carbocycles. The van der Waals surface area contributed by atoms with Crippen LogP contribution in [0.5, 0.6) is 5.75 Å². The average molecular weight is 342 g/mol. The molecule has 2 fully saturated rings. The van der Waals surface area contributed by atoms with Crippen LogP contribution in [0, 0.1) is 5.92 Å². The zero-order chi connectivity index (χ0) is 17.8. The van der Waals surface area contributed by atoms with Crippen LogP contribution in [0.25, 0.3) is 0 Å². The Hall–Kier alpha value is -2.30. The van der Waals surface area contributed by atoms with Crippen LogP contribution in [-0.2, 0) is 9.59 Å². The number of benzene rings is 1. The molecule has 1 unspecified atom stereocenters. The van der Waals surface area contributed by atoms with Crippen molar-refractivity contribution in [3.8, 4) is 5.75 Å². The van der Waals surface area contributed by atoms with E-state index >= 15 is 0 Å². The third-order valence-electron chi connectivity index (χ3n) is 4.91. The van der Waals surface area contributed by atoms with Gasteiger partial charge in [0.2, 0.25) is 11.8 Å². The molecule has 1 atom stereocenters. The fourth-order valence-electron chi connectivity index (χ4n) is 3.61. The number of carbonyl (C=O) groups is 2. The van der Waals surface area contributed by atoms with Crippen LogP contribution in [-0.4, -0.2) is 35.9 Å². The van der Waals surface area contributed by atoms with Gasteiger partial charge in [-0.25, -0.2) is 0 Å². The zero-order valence-electron chi connectivity index (χ0n) is 14.8. The molecule has 25 heavy (non-hydrogen) atoms. The molecule has 5 heteroatoms. The van der Waals surface area contributed by atoms with Gasteiger partial charge in [-0.05, 0) is 37.5 Å². The third-order valence-corrected chi connectivity index (χ3v) is 4.91. The van der Waals surface area contributed by atoms with Gasteiger partial charge in [0.25, 0.3) is 0 Å². The minimum Gasteiger partial charge on any atom is -0.487 e. The van der Waals surface area contributed by atoms with Crippen LogP contribution in [0.3, 0.4) is 0 Å². The van der Waals surface area contributed by atoms with Crippen molar-refractivity contribution in [2.75, 3.05) is 18.5 Å². The van der Waals surface area contributed by atoms with E-state index in [1.54, 1.807) is 0 Å². The van der Waals surface area contributed by atoms with Gasteiger partial charge in [-0.3, -0.25) is 9.59 Å². The molecule has 1 aromatic rings. The Morgan fingerprint density at radius 1 is 1.32 bits per heavy atom. The number of para-hydroxylation sites is 2. The normalized spacial score (nSPS) is 20.8. The predicted octanol–water partition coefficient (Wildman–Crippen LogP) is 3.37. The summed E-state index contributed by atoms with van der Waals surface area (Å²) >= 11 is 0. The highest BCUT2D eigenvalue weighted by Gasteiger charge is 2.38. The van der Waals surface area contributed by atoms with Gasteiger partial charge in [-0.2, -0.15) is 0 Å². The molecule has 0 bridgehead atoms. The minimum atomic E-state index is -0.290. The number of ether oxygens (including phenoxy) is 1. The van der Waals surface area contributed by atoms with E-state index in [0.29, 0.717) is 37.1 Å². The molecule has 2 amide bonds. The summed E-state index contributed by atoms with van der Waals surface area (Å²) in [6.45, 7) is 6.65. The number of nitrogens with zero attached hydrogens (tertiary/aromatic N) is 1. The fraction of sp³-hybridized carbons (Fsp3) is 0.500. The van der Waals surface area contributed by atoms with Gasteiger partial charge in [0, 0.05) is 19.0 Å². The van der Waals surface area contributed by atoms with Crippen molar-refractivity contribution in [2.24, 2.45) is 5.92 Å². The van der Waals surface area contributed by atoms with Crippen molar-refractivity contribution < 1.29 is 14.3 Å². The van der Waals surface area contributed by atoms with Crippen molar-refractivity contribution in [2.45, 2.75) is 45.1 Å². The Morgan fingerprint density at radius 3 is 2.76 bits per heavy atom. The Balaban J connectivity index is 1.63. The molecule has 0 spiro atoms. The first-order valence-corrected chi connectivity index (χ1v) is 9.01. The second-order valence-corrected chi connectivity index (χ2v) is 7.12. The molecule has 0 aromatic heterocycles. The zero-order valence-corrected chi connectivity index (χ0v) is 14.8. The Labute approximate surface area is 149 Å². The third kappa shape index (κ3) is 4.21. The van der Waals surface area contributed by atoms with Gasteiger partial charge < -0.3 is 15.0 Å². The summed E-state index contributed by atoms with van der Waals surface area (Å²) in [5, 5.41) is 2.94. The lowest BCUT2D eigenvalue weighted by molar-refractivity contribution is -0.129. The van der Waals surface area contributed by atoms with Gasteiger partial charge in [0.1, 0.15) is 12.4 Å². The van der Waals surface area contributed by atoms with E-state index in [1.165, 1.54) is 12.8 Å². The summed E-state index contributed by atoms with van der Waals surface area (Å²) in [6, 6.07) is 7.69. The van der Waals surface area contributed by atoms with Crippen LogP contribution in [0.15, 0.2) is 36.4 Å². The second kappa shape index (κ2) is 7.72. The van der Waals surface area contributed by atoms with E-state index in [2.05, 4.69) is 11.9 Å². The summed E-state index contributed by atoms with van der Waals surface area (Å²) in [5.41, 5.74) is 1.55. The number of carbonyl (C=O) groups excluding carboxylic acids is 2. The molecule has 2 aliphatic rings. The lowest BCUT2D eigenvalue weighted by Gasteiger charge is -2.24. The monoisotopic (exact) mass is 342 g/mol. The van der Waals surface area contributed by atoms with Gasteiger partial charge in [0.05, 0.1) is 11.6 Å². The van der Waals surface area contributed by atoms with Gasteiger partial charge in [0.15, 0.2) is 0 Å². The average Bonchev–Trinajstić information content (AvgIpc) is 3.23. The minimum absolute atomic E-state index is 0.110. The molecule has 3 rings (SSSR count). The van der Waals surface area contributed by atoms with Crippen LogP contribution < -0.4 is 10.1 Å². The summed E-state index contributed by atoms with van der Waals surface area (Å²) in [7, 11) is 0. The lowest BCUT2D eigenvalue weighted by Crippen LogP contribution is -2.35. The Kier molecular flexibility index (Phi) is 5.41. The summed E-state index contributed by atoms with van der Waals surface area (Å²) in [5.74, 6) is 0.331. The summed E-state index contributed by atoms with van der Waals surface area (Å²) < 4.78 is 5.69. The number of nitrogens with one attached hydrogen (secondary N) is 1. The van der Waals surface area contributed by atoms with Crippen molar-refractivity contribution in [1.29, 1.82) is 0 Å². The topological polar surface area (TPSA) is 58.6 Å². The highest BCUT2D eigenvalue weighted by Crippen LogP contribution is 2.31. The molecule has 1 heterocycles. The van der Waals surface area contributed by atoms with Crippen molar-refractivity contribution in [3.63, 3.8) is 0 Å². The fourth-order valence-corrected chi connectivity index (χ4v) is 3.61. The van der Waals surface area contributed by atoms with E-state index in [0.717, 1.165) is 18.4 Å². The maximum absolute atomic E-state index is 12.6. The maximum Gasteiger partial charge on any atom is 0.229 e. The van der Waals surface area contributed by atoms with E-state index < -0.39 is 0 Å². The molecule has 0 radical (unpaired) electrons. The number of hydrogen-bond acceptors (Lipinski definition) is 3. The number of amides is 2. The maximum atomic E-state index is 12.6. The van der Waals surface area contributed by atoms with Gasteiger partial charge >= 0.3 is 0 Å². The van der Waals surface area contributed by atoms with E-state index in [1.807, 2.05) is 36.1 Å². The molecule has 1 saturated carbocycles. The first kappa shape index (κ1) is 17.5. The molecule has 1 saturated heterocycles. The molecule has 1 N–H and O–H groups in total. The lowest BCUT2D eigenvalue weighted by atomic mass is 10.1. The molecular formula is C20H26N2O3. The first-order valence-electron chi connectivity index (χ1n) is 9.01. The van der Waals surface area contributed by atoms with Crippen molar-refractivity contribution >= 4 is 17.5 Å². The van der Waals surface area contributed by atoms with E-state index in [-0.39, 0.29) is 17.7 Å². The van der Waals surface area contributed by atoms with Gasteiger partial charge in [-0.1, -0.05) is 31.6 Å². The van der Waals surface area contributed by atoms with Crippen molar-refractivity contribution in [3.05, 3.63) is 36.4 Å². The van der Waals surface area contributed by atoms with Crippen LogP contribution in [0.2, 0.25) is 0 Å². The van der Waals surface area contributed by atoms with Crippen LogP contribution in [0.4, 0.5) is 5.69 Å². The van der Waals surface area contributed by atoms with E-state index in [4.69, 9.17) is 4.74 Å². The molecule has 5 nitrogen and oxygen atoms in total. The number of rotatable bonds is 6. The highest BCUT2D eigenvalue weighted by molar-refractivity contribution is 5.98. The van der Waals surface area contributed by atoms with Crippen molar-refractivity contribution in [1.82, 2.24) is 4.90 Å². The largest absolute Gasteiger partial charge is 0.487 e. The first-order chi connectivity index (χ1) is 12.0. The second-order valence-electron chi connectivity index (χ2n) is 7.12. The summed E-state index contributed by atoms with van der Waals surface area (Å²) in [6.07, 6.45) is 4.80.